The van der Waals surface area contributed by atoms with Crippen molar-refractivity contribution in [3.8, 4) is 0 Å². The van der Waals surface area contributed by atoms with Gasteiger partial charge in [0.15, 0.2) is 0 Å². The maximum absolute atomic E-state index is 13.4. The van der Waals surface area contributed by atoms with E-state index in [0.717, 1.165) is 0 Å². The normalized spacial score (nSPS) is 12.7. The Morgan fingerprint density at radius 1 is 1.19 bits per heavy atom. The van der Waals surface area contributed by atoms with Crippen LogP contribution in [0.15, 0.2) is 24.3 Å². The Bertz CT molecular complexity index is 699. The molecule has 0 bridgehead atoms. The van der Waals surface area contributed by atoms with Crippen molar-refractivity contribution in [1.82, 2.24) is 4.57 Å². The third-order valence-corrected chi connectivity index (χ3v) is 3.06. The third kappa shape index (κ3) is 2.91. The van der Waals surface area contributed by atoms with Gasteiger partial charge in [-0.3, -0.25) is 4.57 Å². The van der Waals surface area contributed by atoms with Gasteiger partial charge in [-0.25, -0.2) is 4.79 Å². The molecule has 0 spiro atoms. The maximum atomic E-state index is 13.4. The number of para-hydroxylation sites is 1. The van der Waals surface area contributed by atoms with Crippen molar-refractivity contribution in [3.63, 3.8) is 0 Å². The molecule has 0 atom stereocenters. The number of aromatic nitrogens is 1. The zero-order chi connectivity index (χ0) is 16.0. The number of halogens is 3. The maximum Gasteiger partial charge on any atom is 0.526 e. The Kier molecular flexibility index (Phi) is 3.55. The fourth-order valence-electron chi connectivity index (χ4n) is 2.32. The second-order valence-corrected chi connectivity index (χ2v) is 5.92. The molecular weight excluding hydrogens is 282 g/mol. The van der Waals surface area contributed by atoms with Gasteiger partial charge in [-0.05, 0) is 39.4 Å². The Morgan fingerprint density at radius 3 is 2.29 bits per heavy atom. The molecule has 7 heteroatoms. The lowest BCUT2D eigenvalue weighted by Gasteiger charge is -2.24. The Balaban J connectivity index is 2.74. The van der Waals surface area contributed by atoms with Gasteiger partial charge in [0.1, 0.15) is 5.60 Å². The van der Waals surface area contributed by atoms with Crippen LogP contribution in [0.1, 0.15) is 26.3 Å². The minimum absolute atomic E-state index is 0.0453. The molecule has 1 heterocycles. The summed E-state index contributed by atoms with van der Waals surface area (Å²) in [6.07, 6.45) is -1.01. The SMILES string of the molecule is Cc1c([B-](F)(F)F)n(C(=O)OC(C)(C)C)c2ccccc12. The fourth-order valence-corrected chi connectivity index (χ4v) is 2.32. The molecule has 0 fully saturated rings. The molecule has 0 unspecified atom stereocenters. The van der Waals surface area contributed by atoms with Crippen LogP contribution in [0.3, 0.4) is 0 Å². The molecule has 0 aliphatic rings. The fraction of sp³-hybridized carbons (Fsp3) is 0.357. The smallest absolute Gasteiger partial charge is 0.444 e. The van der Waals surface area contributed by atoms with Gasteiger partial charge < -0.3 is 17.7 Å². The summed E-state index contributed by atoms with van der Waals surface area (Å²) in [5.41, 5.74) is -1.54. The van der Waals surface area contributed by atoms with E-state index < -0.39 is 24.3 Å². The molecule has 0 radical (unpaired) electrons. The second-order valence-electron chi connectivity index (χ2n) is 5.92. The van der Waals surface area contributed by atoms with E-state index in [4.69, 9.17) is 4.74 Å². The quantitative estimate of drug-likeness (QED) is 0.750. The van der Waals surface area contributed by atoms with E-state index in [1.165, 1.54) is 13.0 Å². The number of nitrogens with zero attached hydrogens (tertiary/aromatic N) is 1. The highest BCUT2D eigenvalue weighted by Gasteiger charge is 2.36. The number of carbonyl (C=O) groups excluding carboxylic acids is 1. The first kappa shape index (κ1) is 15.5. The van der Waals surface area contributed by atoms with E-state index in [1.807, 2.05) is 0 Å². The van der Waals surface area contributed by atoms with Crippen LogP contribution in [0.2, 0.25) is 0 Å². The highest BCUT2D eigenvalue weighted by molar-refractivity contribution is 6.74. The van der Waals surface area contributed by atoms with Gasteiger partial charge >= 0.3 is 13.1 Å². The first-order chi connectivity index (χ1) is 9.52. The Hall–Kier alpha value is -1.92. The molecule has 3 nitrogen and oxygen atoms in total. The van der Waals surface area contributed by atoms with Gasteiger partial charge in [0.2, 0.25) is 0 Å². The molecule has 0 saturated carbocycles. The predicted molar refractivity (Wildman–Crippen MR) is 77.0 cm³/mol. The van der Waals surface area contributed by atoms with E-state index in [0.29, 0.717) is 9.95 Å². The average Bonchev–Trinajstić information content (AvgIpc) is 2.61. The van der Waals surface area contributed by atoms with E-state index in [-0.39, 0.29) is 11.1 Å². The molecule has 21 heavy (non-hydrogen) atoms. The van der Waals surface area contributed by atoms with Crippen LogP contribution >= 0.6 is 0 Å². The number of aryl methyl sites for hydroxylation is 1. The average molecular weight is 298 g/mol. The molecule has 114 valence electrons. The molecule has 2 aromatic rings. The second kappa shape index (κ2) is 4.82. The molecule has 1 aromatic carbocycles. The van der Waals surface area contributed by atoms with Crippen molar-refractivity contribution in [3.05, 3.63) is 29.8 Å². The lowest BCUT2D eigenvalue weighted by molar-refractivity contribution is 0.0547. The molecule has 1 aromatic heterocycles. The molecule has 0 amide bonds. The molecule has 0 saturated heterocycles. The zero-order valence-electron chi connectivity index (χ0n) is 12.3. The van der Waals surface area contributed by atoms with Crippen LogP contribution in [-0.2, 0) is 4.74 Å². The van der Waals surface area contributed by atoms with Crippen LogP contribution in [0.25, 0.3) is 10.9 Å². The Morgan fingerprint density at radius 2 is 1.76 bits per heavy atom. The lowest BCUT2D eigenvalue weighted by Crippen LogP contribution is -2.45. The highest BCUT2D eigenvalue weighted by Crippen LogP contribution is 2.25. The molecular formula is C14H16BF3NO2-. The third-order valence-electron chi connectivity index (χ3n) is 3.06. The van der Waals surface area contributed by atoms with Gasteiger partial charge in [-0.15, -0.1) is 0 Å². The number of rotatable bonds is 1. The molecule has 0 N–H and O–H groups in total. The predicted octanol–water partition coefficient (Wildman–Crippen LogP) is 3.79. The van der Waals surface area contributed by atoms with E-state index >= 15 is 0 Å². The number of fused-ring (bicyclic) bond motifs is 1. The first-order valence-electron chi connectivity index (χ1n) is 6.55. The van der Waals surface area contributed by atoms with Gasteiger partial charge in [0.05, 0.1) is 5.52 Å². The van der Waals surface area contributed by atoms with Crippen molar-refractivity contribution in [2.24, 2.45) is 0 Å². The van der Waals surface area contributed by atoms with E-state index in [2.05, 4.69) is 0 Å². The van der Waals surface area contributed by atoms with Gasteiger partial charge in [0.25, 0.3) is 0 Å². The van der Waals surface area contributed by atoms with Crippen LogP contribution in [0, 0.1) is 6.92 Å². The summed E-state index contributed by atoms with van der Waals surface area (Å²) < 4.78 is 45.9. The van der Waals surface area contributed by atoms with Gasteiger partial charge in [0, 0.05) is 5.39 Å². The summed E-state index contributed by atoms with van der Waals surface area (Å²) in [4.78, 5) is 12.2. The Labute approximate surface area is 120 Å². The van der Waals surface area contributed by atoms with E-state index in [9.17, 15) is 17.7 Å². The topological polar surface area (TPSA) is 31.2 Å². The number of ether oxygens (including phenoxy) is 1. The van der Waals surface area contributed by atoms with Crippen LogP contribution in [0.5, 0.6) is 0 Å². The van der Waals surface area contributed by atoms with Crippen molar-refractivity contribution in [1.29, 1.82) is 0 Å². The highest BCUT2D eigenvalue weighted by atomic mass is 19.4. The summed E-state index contributed by atoms with van der Waals surface area (Å²) in [6.45, 7) is 0.875. The van der Waals surface area contributed by atoms with Gasteiger partial charge in [-0.1, -0.05) is 23.8 Å². The summed E-state index contributed by atoms with van der Waals surface area (Å²) in [5, 5.41) is 0.401. The minimum Gasteiger partial charge on any atom is -0.444 e. The van der Waals surface area contributed by atoms with Crippen LogP contribution < -0.4 is 5.59 Å². The molecule has 2 rings (SSSR count). The van der Waals surface area contributed by atoms with Crippen molar-refractivity contribution >= 4 is 29.6 Å². The van der Waals surface area contributed by atoms with Gasteiger partial charge in [-0.2, -0.15) is 0 Å². The number of benzene rings is 1. The molecule has 0 aliphatic heterocycles. The van der Waals surface area contributed by atoms with Crippen LogP contribution in [0.4, 0.5) is 17.7 Å². The number of hydrogen-bond acceptors (Lipinski definition) is 2. The lowest BCUT2D eigenvalue weighted by atomic mass is 9.83. The number of carbonyl (C=O) groups is 1. The zero-order valence-corrected chi connectivity index (χ0v) is 12.3. The van der Waals surface area contributed by atoms with E-state index in [1.54, 1.807) is 39.0 Å². The summed E-state index contributed by atoms with van der Waals surface area (Å²) >= 11 is 0. The summed E-state index contributed by atoms with van der Waals surface area (Å²) in [5.74, 6) is 0. The summed E-state index contributed by atoms with van der Waals surface area (Å²) in [7, 11) is 0. The minimum atomic E-state index is -5.33. The van der Waals surface area contributed by atoms with Crippen molar-refractivity contribution < 1.29 is 22.5 Å². The van der Waals surface area contributed by atoms with Crippen LogP contribution in [-0.4, -0.2) is 23.2 Å². The van der Waals surface area contributed by atoms with Crippen molar-refractivity contribution in [2.75, 3.05) is 0 Å². The monoisotopic (exact) mass is 298 g/mol. The summed E-state index contributed by atoms with van der Waals surface area (Å²) in [6, 6.07) is 6.28. The largest absolute Gasteiger partial charge is 0.526 e. The number of hydrogen-bond donors (Lipinski definition) is 0. The first-order valence-corrected chi connectivity index (χ1v) is 6.55. The standard InChI is InChI=1S/C14H16BF3NO2/c1-9-10-7-5-6-8-11(10)19(12(9)15(16,17)18)13(20)21-14(2,3)4/h5-8H,1-4H3/q-1. The molecule has 0 aliphatic carbocycles. The van der Waals surface area contributed by atoms with Crippen molar-refractivity contribution in [2.45, 2.75) is 33.3 Å².